The fourth-order valence-electron chi connectivity index (χ4n) is 1.98. The highest BCUT2D eigenvalue weighted by Gasteiger charge is 2.33. The van der Waals surface area contributed by atoms with Crippen LogP contribution in [0.5, 0.6) is 5.75 Å². The number of carbonyl (C=O) groups excluding carboxylic acids is 1. The molecule has 0 aliphatic carbocycles. The van der Waals surface area contributed by atoms with Crippen LogP contribution in [0.3, 0.4) is 0 Å². The zero-order valence-corrected chi connectivity index (χ0v) is 13.2. The number of ether oxygens (including phenoxy) is 2. The van der Waals surface area contributed by atoms with E-state index in [4.69, 9.17) is 4.74 Å². The van der Waals surface area contributed by atoms with E-state index in [9.17, 15) is 31.9 Å². The van der Waals surface area contributed by atoms with Crippen molar-refractivity contribution in [1.82, 2.24) is 9.55 Å². The highest BCUT2D eigenvalue weighted by Crippen LogP contribution is 2.25. The van der Waals surface area contributed by atoms with Crippen molar-refractivity contribution in [3.05, 3.63) is 56.6 Å². The van der Waals surface area contributed by atoms with Gasteiger partial charge in [-0.15, -0.1) is 0 Å². The highest BCUT2D eigenvalue weighted by atomic mass is 19.4. The minimum atomic E-state index is -4.93. The maximum absolute atomic E-state index is 14.2. The van der Waals surface area contributed by atoms with Gasteiger partial charge in [0, 0.05) is 12.1 Å². The van der Waals surface area contributed by atoms with Gasteiger partial charge in [-0.25, -0.2) is 18.5 Å². The van der Waals surface area contributed by atoms with Crippen molar-refractivity contribution < 1.29 is 31.8 Å². The van der Waals surface area contributed by atoms with E-state index >= 15 is 0 Å². The average molecular weight is 376 g/mol. The molecule has 140 valence electrons. The molecule has 0 fully saturated rings. The molecule has 0 radical (unpaired) electrons. The smallest absolute Gasteiger partial charge is 0.431 e. The Morgan fingerprint density at radius 1 is 1.23 bits per heavy atom. The van der Waals surface area contributed by atoms with Crippen molar-refractivity contribution in [3.8, 4) is 11.4 Å². The molecule has 0 atom stereocenters. The molecule has 1 N–H and O–H groups in total. The molecule has 1 aromatic heterocycles. The summed E-state index contributed by atoms with van der Waals surface area (Å²) in [7, 11) is 0. The molecule has 0 aliphatic rings. The molecule has 2 rings (SSSR count). The summed E-state index contributed by atoms with van der Waals surface area (Å²) in [5.41, 5.74) is -4.93. The molecule has 2 aromatic rings. The first-order chi connectivity index (χ1) is 12.1. The van der Waals surface area contributed by atoms with Gasteiger partial charge in [-0.1, -0.05) is 0 Å². The van der Waals surface area contributed by atoms with Gasteiger partial charge in [-0.3, -0.25) is 4.79 Å². The fraction of sp³-hybridized carbons (Fsp3) is 0.267. The Hall–Kier alpha value is -3.11. The third-order valence-corrected chi connectivity index (χ3v) is 3.06. The van der Waals surface area contributed by atoms with Crippen LogP contribution in [0.1, 0.15) is 12.6 Å². The molecule has 0 unspecified atom stereocenters. The Balaban J connectivity index is 2.34. The predicted octanol–water partition coefficient (Wildman–Crippen LogP) is 1.63. The van der Waals surface area contributed by atoms with Crippen LogP contribution in [-0.4, -0.2) is 28.7 Å². The zero-order chi connectivity index (χ0) is 19.5. The number of H-pyrrole nitrogens is 1. The SMILES string of the molecule is CCOC(=O)COc1ccc(-n2c(=O)cc(C(F)(F)F)[nH]c2=O)c(F)c1. The molecule has 7 nitrogen and oxygen atoms in total. The van der Waals surface area contributed by atoms with Crippen LogP contribution in [0.15, 0.2) is 33.9 Å². The second kappa shape index (κ2) is 7.42. The van der Waals surface area contributed by atoms with Crippen molar-refractivity contribution in [1.29, 1.82) is 0 Å². The van der Waals surface area contributed by atoms with Crippen LogP contribution < -0.4 is 16.0 Å². The van der Waals surface area contributed by atoms with Crippen LogP contribution in [0.2, 0.25) is 0 Å². The van der Waals surface area contributed by atoms with Crippen molar-refractivity contribution in [3.63, 3.8) is 0 Å². The number of nitrogens with one attached hydrogen (secondary N) is 1. The van der Waals surface area contributed by atoms with Gasteiger partial charge < -0.3 is 14.5 Å². The summed E-state index contributed by atoms with van der Waals surface area (Å²) in [4.78, 5) is 36.2. The third kappa shape index (κ3) is 4.29. The van der Waals surface area contributed by atoms with Gasteiger partial charge in [0.05, 0.1) is 12.3 Å². The molecule has 0 amide bonds. The quantitative estimate of drug-likeness (QED) is 0.633. The maximum atomic E-state index is 14.2. The van der Waals surface area contributed by atoms with Gasteiger partial charge in [0.2, 0.25) is 0 Å². The van der Waals surface area contributed by atoms with E-state index in [1.807, 2.05) is 0 Å². The average Bonchev–Trinajstić information content (AvgIpc) is 2.53. The van der Waals surface area contributed by atoms with Crippen LogP contribution in [0, 0.1) is 5.82 Å². The van der Waals surface area contributed by atoms with Gasteiger partial charge in [0.1, 0.15) is 11.4 Å². The standard InChI is InChI=1S/C15H12F4N2O5/c1-2-25-13(23)7-26-8-3-4-10(9(16)5-8)21-12(22)6-11(15(17,18)19)20-14(21)24/h3-6H,2,7H2,1H3,(H,20,24). The van der Waals surface area contributed by atoms with Crippen molar-refractivity contribution in [2.45, 2.75) is 13.1 Å². The third-order valence-electron chi connectivity index (χ3n) is 3.06. The predicted molar refractivity (Wildman–Crippen MR) is 79.7 cm³/mol. The summed E-state index contributed by atoms with van der Waals surface area (Å²) in [6, 6.07) is 3.02. The molecule has 0 spiro atoms. The first-order valence-corrected chi connectivity index (χ1v) is 7.15. The Labute approximate surface area is 142 Å². The van der Waals surface area contributed by atoms with Crippen LogP contribution in [0.25, 0.3) is 5.69 Å². The molecule has 0 saturated heterocycles. The fourth-order valence-corrected chi connectivity index (χ4v) is 1.98. The van der Waals surface area contributed by atoms with Crippen molar-refractivity contribution in [2.75, 3.05) is 13.2 Å². The number of hydrogen-bond donors (Lipinski definition) is 1. The van der Waals surface area contributed by atoms with E-state index in [-0.39, 0.29) is 23.0 Å². The minimum absolute atomic E-state index is 0.101. The van der Waals surface area contributed by atoms with Gasteiger partial charge in [0.15, 0.2) is 12.4 Å². The molecule has 1 heterocycles. The normalized spacial score (nSPS) is 11.3. The second-order valence-electron chi connectivity index (χ2n) is 4.87. The molecule has 0 bridgehead atoms. The summed E-state index contributed by atoms with van der Waals surface area (Å²) >= 11 is 0. The van der Waals surface area contributed by atoms with Gasteiger partial charge >= 0.3 is 17.8 Å². The molecule has 26 heavy (non-hydrogen) atoms. The van der Waals surface area contributed by atoms with Gasteiger partial charge in [-0.05, 0) is 19.1 Å². The molecular formula is C15H12F4N2O5. The Morgan fingerprint density at radius 2 is 1.92 bits per heavy atom. The monoisotopic (exact) mass is 376 g/mol. The number of hydrogen-bond acceptors (Lipinski definition) is 5. The van der Waals surface area contributed by atoms with Crippen molar-refractivity contribution in [2.24, 2.45) is 0 Å². The molecule has 1 aromatic carbocycles. The van der Waals surface area contributed by atoms with Crippen molar-refractivity contribution >= 4 is 5.97 Å². The topological polar surface area (TPSA) is 90.4 Å². The lowest BCUT2D eigenvalue weighted by Gasteiger charge is -2.11. The largest absolute Gasteiger partial charge is 0.482 e. The van der Waals surface area contributed by atoms with Gasteiger partial charge in [-0.2, -0.15) is 13.2 Å². The van der Waals surface area contributed by atoms with Crippen LogP contribution in [0.4, 0.5) is 17.6 Å². The van der Waals surface area contributed by atoms with E-state index in [1.165, 1.54) is 4.98 Å². The van der Waals surface area contributed by atoms with E-state index < -0.39 is 47.2 Å². The number of esters is 1. The molecule has 11 heteroatoms. The first-order valence-electron chi connectivity index (χ1n) is 7.15. The lowest BCUT2D eigenvalue weighted by Crippen LogP contribution is -2.36. The summed E-state index contributed by atoms with van der Waals surface area (Å²) in [6.45, 7) is 1.23. The molecular weight excluding hydrogens is 364 g/mol. The van der Waals surface area contributed by atoms with E-state index in [0.29, 0.717) is 0 Å². The maximum Gasteiger partial charge on any atom is 0.431 e. The summed E-state index contributed by atoms with van der Waals surface area (Å²) in [5, 5.41) is 0. The highest BCUT2D eigenvalue weighted by molar-refractivity contribution is 5.71. The lowest BCUT2D eigenvalue weighted by atomic mass is 10.2. The van der Waals surface area contributed by atoms with E-state index in [0.717, 1.165) is 18.2 Å². The number of nitrogens with zero attached hydrogens (tertiary/aromatic N) is 1. The first kappa shape index (κ1) is 19.2. The number of carbonyl (C=O) groups is 1. The van der Waals surface area contributed by atoms with Gasteiger partial charge in [0.25, 0.3) is 5.56 Å². The van der Waals surface area contributed by atoms with E-state index in [2.05, 4.69) is 4.74 Å². The second-order valence-corrected chi connectivity index (χ2v) is 4.87. The van der Waals surface area contributed by atoms with Crippen LogP contribution in [-0.2, 0) is 15.7 Å². The number of aromatic nitrogens is 2. The Kier molecular flexibility index (Phi) is 5.48. The number of halogens is 4. The summed E-state index contributed by atoms with van der Waals surface area (Å²) < 4.78 is 61.7. The van der Waals surface area contributed by atoms with Crippen LogP contribution >= 0.6 is 0 Å². The number of benzene rings is 1. The summed E-state index contributed by atoms with van der Waals surface area (Å²) in [5.74, 6) is -1.90. The number of rotatable bonds is 5. The van der Waals surface area contributed by atoms with E-state index in [1.54, 1.807) is 6.92 Å². The lowest BCUT2D eigenvalue weighted by molar-refractivity contribution is -0.145. The molecule has 0 saturated carbocycles. The number of alkyl halides is 3. The molecule has 0 aliphatic heterocycles. The number of aromatic amines is 1. The Bertz CT molecular complexity index is 902. The minimum Gasteiger partial charge on any atom is -0.482 e. The zero-order valence-electron chi connectivity index (χ0n) is 13.2. The summed E-state index contributed by atoms with van der Waals surface area (Å²) in [6.07, 6.45) is -4.93. The Morgan fingerprint density at radius 3 is 2.46 bits per heavy atom.